The molecule has 1 atom stereocenters. The minimum atomic E-state index is -0.358. The quantitative estimate of drug-likeness (QED) is 0.825. The molecule has 1 N–H and O–H groups in total. The van der Waals surface area contributed by atoms with Crippen LogP contribution in [0.4, 0.5) is 0 Å². The van der Waals surface area contributed by atoms with Gasteiger partial charge >= 0.3 is 0 Å². The predicted octanol–water partition coefficient (Wildman–Crippen LogP) is 2.74. The summed E-state index contributed by atoms with van der Waals surface area (Å²) < 4.78 is 5.05. The molecule has 1 aliphatic carbocycles. The van der Waals surface area contributed by atoms with Crippen molar-refractivity contribution in [2.75, 3.05) is 7.11 Å². The number of rotatable bonds is 3. The fourth-order valence-corrected chi connectivity index (χ4v) is 3.37. The Morgan fingerprint density at radius 2 is 1.71 bits per heavy atom. The van der Waals surface area contributed by atoms with Crippen molar-refractivity contribution < 1.29 is 9.53 Å². The molecule has 1 unspecified atom stereocenters. The highest BCUT2D eigenvalue weighted by Crippen LogP contribution is 2.45. The highest BCUT2D eigenvalue weighted by atomic mass is 16.5. The van der Waals surface area contributed by atoms with Gasteiger partial charge in [-0.3, -0.25) is 4.79 Å². The average Bonchev–Trinajstić information content (AvgIpc) is 2.11. The van der Waals surface area contributed by atoms with Crippen molar-refractivity contribution in [2.24, 2.45) is 10.8 Å². The standard InChI is InChI=1S/C14H27NO2/c1-10(17-6)12(16)15-11-7-13(2,3)9-14(4,5)8-11/h10-11H,7-9H2,1-6H3,(H,15,16). The van der Waals surface area contributed by atoms with Crippen molar-refractivity contribution in [3.05, 3.63) is 0 Å². The van der Waals surface area contributed by atoms with Crippen LogP contribution in [-0.2, 0) is 9.53 Å². The van der Waals surface area contributed by atoms with Crippen LogP contribution in [-0.4, -0.2) is 25.2 Å². The van der Waals surface area contributed by atoms with Gasteiger partial charge in [0.05, 0.1) is 0 Å². The molecule has 0 heterocycles. The van der Waals surface area contributed by atoms with Crippen LogP contribution in [0.25, 0.3) is 0 Å². The van der Waals surface area contributed by atoms with Gasteiger partial charge in [0.1, 0.15) is 6.10 Å². The number of nitrogens with one attached hydrogen (secondary N) is 1. The molecule has 17 heavy (non-hydrogen) atoms. The SMILES string of the molecule is COC(C)C(=O)NC1CC(C)(C)CC(C)(C)C1. The fraction of sp³-hybridized carbons (Fsp3) is 0.929. The topological polar surface area (TPSA) is 38.3 Å². The van der Waals surface area contributed by atoms with E-state index in [1.807, 2.05) is 0 Å². The van der Waals surface area contributed by atoms with Crippen LogP contribution in [0.5, 0.6) is 0 Å². The molecule has 1 aliphatic rings. The molecule has 0 saturated heterocycles. The first kappa shape index (κ1) is 14.5. The number of hydrogen-bond donors (Lipinski definition) is 1. The van der Waals surface area contributed by atoms with Gasteiger partial charge in [0, 0.05) is 13.2 Å². The number of amides is 1. The third-order valence-electron chi connectivity index (χ3n) is 3.62. The molecule has 0 aromatic rings. The molecule has 3 heteroatoms. The maximum absolute atomic E-state index is 11.8. The van der Waals surface area contributed by atoms with Gasteiger partial charge in [0.15, 0.2) is 0 Å². The van der Waals surface area contributed by atoms with E-state index in [1.54, 1.807) is 14.0 Å². The molecule has 0 spiro atoms. The summed E-state index contributed by atoms with van der Waals surface area (Å²) in [5.41, 5.74) is 0.603. The molecule has 100 valence electrons. The van der Waals surface area contributed by atoms with E-state index in [2.05, 4.69) is 33.0 Å². The van der Waals surface area contributed by atoms with E-state index in [4.69, 9.17) is 4.74 Å². The zero-order valence-electron chi connectivity index (χ0n) is 12.1. The smallest absolute Gasteiger partial charge is 0.249 e. The molecule has 0 radical (unpaired) electrons. The number of methoxy groups -OCH3 is 1. The molecule has 1 saturated carbocycles. The number of ether oxygens (including phenoxy) is 1. The van der Waals surface area contributed by atoms with E-state index in [9.17, 15) is 4.79 Å². The summed E-state index contributed by atoms with van der Waals surface area (Å²) in [6.45, 7) is 10.9. The van der Waals surface area contributed by atoms with Crippen LogP contribution in [0.15, 0.2) is 0 Å². The largest absolute Gasteiger partial charge is 0.372 e. The molecule has 1 fully saturated rings. The Kier molecular flexibility index (Phi) is 4.23. The molecular formula is C14H27NO2. The normalized spacial score (nSPS) is 25.3. The lowest BCUT2D eigenvalue weighted by molar-refractivity contribution is -0.131. The van der Waals surface area contributed by atoms with E-state index in [1.165, 1.54) is 6.42 Å². The Morgan fingerprint density at radius 3 is 2.12 bits per heavy atom. The monoisotopic (exact) mass is 241 g/mol. The molecule has 1 rings (SSSR count). The van der Waals surface area contributed by atoms with E-state index in [0.717, 1.165) is 12.8 Å². The maximum atomic E-state index is 11.8. The van der Waals surface area contributed by atoms with Crippen molar-refractivity contribution >= 4 is 5.91 Å². The van der Waals surface area contributed by atoms with Crippen LogP contribution < -0.4 is 5.32 Å². The third-order valence-corrected chi connectivity index (χ3v) is 3.62. The average molecular weight is 241 g/mol. The number of hydrogen-bond acceptors (Lipinski definition) is 2. The molecular weight excluding hydrogens is 214 g/mol. The summed E-state index contributed by atoms with van der Waals surface area (Å²) in [5, 5.41) is 3.12. The molecule has 1 amide bonds. The Morgan fingerprint density at radius 1 is 1.24 bits per heavy atom. The molecule has 0 aromatic heterocycles. The van der Waals surface area contributed by atoms with Crippen LogP contribution in [0.2, 0.25) is 0 Å². The van der Waals surface area contributed by atoms with Gasteiger partial charge in [0.25, 0.3) is 0 Å². The lowest BCUT2D eigenvalue weighted by atomic mass is 9.63. The van der Waals surface area contributed by atoms with Crippen molar-refractivity contribution in [3.63, 3.8) is 0 Å². The first-order valence-electron chi connectivity index (χ1n) is 6.48. The lowest BCUT2D eigenvalue weighted by Gasteiger charge is -2.45. The second-order valence-corrected chi connectivity index (χ2v) is 7.00. The van der Waals surface area contributed by atoms with Gasteiger partial charge in [-0.2, -0.15) is 0 Å². The van der Waals surface area contributed by atoms with E-state index in [0.29, 0.717) is 10.8 Å². The first-order chi connectivity index (χ1) is 7.65. The van der Waals surface area contributed by atoms with Gasteiger partial charge in [0.2, 0.25) is 5.91 Å². The van der Waals surface area contributed by atoms with Crippen LogP contribution in [0.3, 0.4) is 0 Å². The summed E-state index contributed by atoms with van der Waals surface area (Å²) in [6, 6.07) is 0.277. The Balaban J connectivity index is 2.63. The van der Waals surface area contributed by atoms with Crippen molar-refractivity contribution in [1.29, 1.82) is 0 Å². The van der Waals surface area contributed by atoms with E-state index >= 15 is 0 Å². The fourth-order valence-electron chi connectivity index (χ4n) is 3.37. The Hall–Kier alpha value is -0.570. The summed E-state index contributed by atoms with van der Waals surface area (Å²) in [7, 11) is 1.57. The van der Waals surface area contributed by atoms with Gasteiger partial charge in [-0.25, -0.2) is 0 Å². The summed E-state index contributed by atoms with van der Waals surface area (Å²) in [4.78, 5) is 11.8. The maximum Gasteiger partial charge on any atom is 0.249 e. The van der Waals surface area contributed by atoms with Gasteiger partial charge in [-0.15, -0.1) is 0 Å². The molecule has 0 bridgehead atoms. The van der Waals surface area contributed by atoms with Crippen LogP contribution in [0, 0.1) is 10.8 Å². The van der Waals surface area contributed by atoms with Crippen LogP contribution in [0.1, 0.15) is 53.9 Å². The summed E-state index contributed by atoms with van der Waals surface area (Å²) >= 11 is 0. The second-order valence-electron chi connectivity index (χ2n) is 7.00. The molecule has 3 nitrogen and oxygen atoms in total. The van der Waals surface area contributed by atoms with E-state index in [-0.39, 0.29) is 18.1 Å². The van der Waals surface area contributed by atoms with Gasteiger partial charge in [-0.05, 0) is 37.0 Å². The zero-order chi connectivity index (χ0) is 13.3. The molecule has 0 aromatic carbocycles. The number of carbonyl (C=O) groups excluding carboxylic acids is 1. The van der Waals surface area contributed by atoms with Crippen LogP contribution >= 0.6 is 0 Å². The second kappa shape index (κ2) is 4.97. The number of carbonyl (C=O) groups is 1. The summed E-state index contributed by atoms with van der Waals surface area (Å²) in [5.74, 6) is 0.00556. The third kappa shape index (κ3) is 4.30. The predicted molar refractivity (Wildman–Crippen MR) is 69.8 cm³/mol. The first-order valence-corrected chi connectivity index (χ1v) is 6.48. The Labute approximate surface area is 105 Å². The minimum Gasteiger partial charge on any atom is -0.372 e. The van der Waals surface area contributed by atoms with Crippen molar-refractivity contribution in [2.45, 2.75) is 66.0 Å². The minimum absolute atomic E-state index is 0.00556. The van der Waals surface area contributed by atoms with Gasteiger partial charge in [-0.1, -0.05) is 27.7 Å². The lowest BCUT2D eigenvalue weighted by Crippen LogP contribution is -2.48. The van der Waals surface area contributed by atoms with Crippen molar-refractivity contribution in [3.8, 4) is 0 Å². The Bertz CT molecular complexity index is 268. The summed E-state index contributed by atoms with van der Waals surface area (Å²) in [6.07, 6.45) is 2.96. The van der Waals surface area contributed by atoms with Gasteiger partial charge < -0.3 is 10.1 Å². The highest BCUT2D eigenvalue weighted by Gasteiger charge is 2.39. The zero-order valence-corrected chi connectivity index (χ0v) is 12.1. The van der Waals surface area contributed by atoms with Crippen molar-refractivity contribution in [1.82, 2.24) is 5.32 Å². The van der Waals surface area contributed by atoms with E-state index < -0.39 is 0 Å². The highest BCUT2D eigenvalue weighted by molar-refractivity contribution is 5.80. The molecule has 0 aliphatic heterocycles.